The first-order valence-corrected chi connectivity index (χ1v) is 7.75. The molecule has 0 aliphatic heterocycles. The maximum absolute atomic E-state index is 12.2. The van der Waals surface area contributed by atoms with Gasteiger partial charge in [-0.15, -0.1) is 0 Å². The fourth-order valence-electron chi connectivity index (χ4n) is 2.10. The zero-order valence-corrected chi connectivity index (χ0v) is 11.7. The smallest absolute Gasteiger partial charge is 0.244 e. The van der Waals surface area contributed by atoms with E-state index in [2.05, 4.69) is 4.72 Å². The number of nitrogens with one attached hydrogen (secondary N) is 1. The molecular formula is C13H19NO4S. The molecule has 0 heterocycles. The zero-order valence-electron chi connectivity index (χ0n) is 10.9. The van der Waals surface area contributed by atoms with Gasteiger partial charge in [-0.1, -0.05) is 12.1 Å². The second-order valence-electron chi connectivity index (χ2n) is 4.95. The van der Waals surface area contributed by atoms with E-state index >= 15 is 0 Å². The number of aliphatic hydroxyl groups is 1. The number of hydrogen-bond acceptors (Lipinski definition) is 4. The molecule has 2 N–H and O–H groups in total. The predicted molar refractivity (Wildman–Crippen MR) is 71.6 cm³/mol. The fourth-order valence-corrected chi connectivity index (χ4v) is 3.42. The number of sulfonamides is 1. The summed E-state index contributed by atoms with van der Waals surface area (Å²) in [4.78, 5) is 0.150. The molecule has 0 aromatic heterocycles. The van der Waals surface area contributed by atoms with Crippen molar-refractivity contribution in [3.05, 3.63) is 24.3 Å². The van der Waals surface area contributed by atoms with Crippen LogP contribution in [0.1, 0.15) is 19.3 Å². The maximum Gasteiger partial charge on any atom is 0.244 e. The Morgan fingerprint density at radius 2 is 2.05 bits per heavy atom. The van der Waals surface area contributed by atoms with Gasteiger partial charge in [0.2, 0.25) is 10.0 Å². The van der Waals surface area contributed by atoms with Gasteiger partial charge in [0.25, 0.3) is 0 Å². The summed E-state index contributed by atoms with van der Waals surface area (Å²) >= 11 is 0. The molecule has 0 amide bonds. The van der Waals surface area contributed by atoms with Crippen LogP contribution in [-0.4, -0.2) is 33.8 Å². The number of aliphatic hydroxyl groups excluding tert-OH is 1. The number of methoxy groups -OCH3 is 1. The summed E-state index contributed by atoms with van der Waals surface area (Å²) in [7, 11) is -2.12. The van der Waals surface area contributed by atoms with Gasteiger partial charge in [0.05, 0.1) is 7.11 Å². The molecule has 1 fully saturated rings. The van der Waals surface area contributed by atoms with E-state index in [9.17, 15) is 8.42 Å². The summed E-state index contributed by atoms with van der Waals surface area (Å²) in [6.07, 6.45) is 2.56. The lowest BCUT2D eigenvalue weighted by Gasteiger charge is -2.15. The highest BCUT2D eigenvalue weighted by Crippen LogP contribution is 2.48. The summed E-state index contributed by atoms with van der Waals surface area (Å²) < 4.78 is 32.2. The summed E-state index contributed by atoms with van der Waals surface area (Å²) in [5.74, 6) is 0.335. The van der Waals surface area contributed by atoms with Crippen molar-refractivity contribution in [1.82, 2.24) is 4.72 Å². The van der Waals surface area contributed by atoms with Crippen LogP contribution in [0.25, 0.3) is 0 Å². The number of para-hydroxylation sites is 1. The summed E-state index contributed by atoms with van der Waals surface area (Å²) in [6.45, 7) is 0.463. The molecule has 0 unspecified atom stereocenters. The molecule has 0 spiro atoms. The monoisotopic (exact) mass is 285 g/mol. The molecule has 1 aliphatic rings. The summed E-state index contributed by atoms with van der Waals surface area (Å²) in [5, 5.41) is 8.97. The Labute approximate surface area is 113 Å². The maximum atomic E-state index is 12.2. The molecule has 106 valence electrons. The third-order valence-electron chi connectivity index (χ3n) is 3.60. The van der Waals surface area contributed by atoms with Crippen LogP contribution in [0, 0.1) is 5.41 Å². The lowest BCUT2D eigenvalue weighted by molar-refractivity contribution is 0.249. The first-order chi connectivity index (χ1) is 9.03. The minimum atomic E-state index is -3.57. The second kappa shape index (κ2) is 5.48. The van der Waals surface area contributed by atoms with E-state index in [-0.39, 0.29) is 16.9 Å². The van der Waals surface area contributed by atoms with Crippen molar-refractivity contribution in [2.45, 2.75) is 24.2 Å². The van der Waals surface area contributed by atoms with E-state index in [1.165, 1.54) is 13.2 Å². The Bertz CT molecular complexity index is 537. The normalized spacial score (nSPS) is 17.2. The van der Waals surface area contributed by atoms with E-state index in [4.69, 9.17) is 9.84 Å². The topological polar surface area (TPSA) is 75.6 Å². The van der Waals surface area contributed by atoms with Gasteiger partial charge in [0.15, 0.2) is 0 Å². The lowest BCUT2D eigenvalue weighted by atomic mass is 10.0. The number of ether oxygens (including phenoxy) is 1. The van der Waals surface area contributed by atoms with Crippen LogP contribution in [0.2, 0.25) is 0 Å². The largest absolute Gasteiger partial charge is 0.495 e. The van der Waals surface area contributed by atoms with E-state index in [1.807, 2.05) is 0 Å². The van der Waals surface area contributed by atoms with Gasteiger partial charge in [-0.05, 0) is 36.8 Å². The van der Waals surface area contributed by atoms with Gasteiger partial charge in [-0.2, -0.15) is 0 Å². The van der Waals surface area contributed by atoms with Crippen LogP contribution >= 0.6 is 0 Å². The molecule has 1 aliphatic carbocycles. The first kappa shape index (κ1) is 14.3. The van der Waals surface area contributed by atoms with Crippen molar-refractivity contribution < 1.29 is 18.3 Å². The average Bonchev–Trinajstić information content (AvgIpc) is 3.17. The molecule has 6 heteroatoms. The Morgan fingerprint density at radius 1 is 1.37 bits per heavy atom. The first-order valence-electron chi connectivity index (χ1n) is 6.27. The van der Waals surface area contributed by atoms with Crippen molar-refractivity contribution in [3.63, 3.8) is 0 Å². The highest BCUT2D eigenvalue weighted by Gasteiger charge is 2.42. The average molecular weight is 285 g/mol. The Hall–Kier alpha value is -1.11. The van der Waals surface area contributed by atoms with E-state index in [0.717, 1.165) is 12.8 Å². The van der Waals surface area contributed by atoms with Crippen molar-refractivity contribution in [3.8, 4) is 5.75 Å². The van der Waals surface area contributed by atoms with Gasteiger partial charge >= 0.3 is 0 Å². The van der Waals surface area contributed by atoms with Crippen molar-refractivity contribution in [2.75, 3.05) is 20.3 Å². The molecule has 19 heavy (non-hydrogen) atoms. The van der Waals surface area contributed by atoms with E-state index in [1.54, 1.807) is 18.2 Å². The molecule has 1 aromatic carbocycles. The molecule has 5 nitrogen and oxygen atoms in total. The molecule has 1 aromatic rings. The van der Waals surface area contributed by atoms with Crippen molar-refractivity contribution >= 4 is 10.0 Å². The van der Waals surface area contributed by atoms with Crippen LogP contribution in [0.3, 0.4) is 0 Å². The molecule has 2 rings (SSSR count). The lowest BCUT2D eigenvalue weighted by Crippen LogP contribution is -2.31. The SMILES string of the molecule is COc1ccccc1S(=O)(=O)NCC1(CCO)CC1. The van der Waals surface area contributed by atoms with Gasteiger partial charge < -0.3 is 9.84 Å². The second-order valence-corrected chi connectivity index (χ2v) is 6.68. The Morgan fingerprint density at radius 3 is 2.63 bits per heavy atom. The van der Waals surface area contributed by atoms with Crippen molar-refractivity contribution in [1.29, 1.82) is 0 Å². The van der Waals surface area contributed by atoms with E-state index in [0.29, 0.717) is 18.7 Å². The molecular weight excluding hydrogens is 266 g/mol. The summed E-state index contributed by atoms with van der Waals surface area (Å²) in [6, 6.07) is 6.53. The number of hydrogen-bond donors (Lipinski definition) is 2. The Balaban J connectivity index is 2.10. The standard InChI is InChI=1S/C13H19NO4S/c1-18-11-4-2-3-5-12(11)19(16,17)14-10-13(6-7-13)8-9-15/h2-5,14-15H,6-10H2,1H3. The fraction of sp³-hybridized carbons (Fsp3) is 0.538. The minimum absolute atomic E-state index is 0.0518. The van der Waals surface area contributed by atoms with Gasteiger partial charge in [-0.25, -0.2) is 13.1 Å². The highest BCUT2D eigenvalue weighted by molar-refractivity contribution is 7.89. The van der Waals surface area contributed by atoms with Crippen molar-refractivity contribution in [2.24, 2.45) is 5.41 Å². The highest BCUT2D eigenvalue weighted by atomic mass is 32.2. The van der Waals surface area contributed by atoms with Crippen LogP contribution in [-0.2, 0) is 10.0 Å². The predicted octanol–water partition coefficient (Wildman–Crippen LogP) is 1.14. The quantitative estimate of drug-likeness (QED) is 0.787. The van der Waals surface area contributed by atoms with Crippen LogP contribution in [0.15, 0.2) is 29.2 Å². The van der Waals surface area contributed by atoms with E-state index < -0.39 is 10.0 Å². The molecule has 0 atom stereocenters. The van der Waals surface area contributed by atoms with Crippen LogP contribution < -0.4 is 9.46 Å². The van der Waals surface area contributed by atoms with Crippen LogP contribution in [0.4, 0.5) is 0 Å². The van der Waals surface area contributed by atoms with Gasteiger partial charge in [0, 0.05) is 13.2 Å². The number of rotatable bonds is 7. The third-order valence-corrected chi connectivity index (χ3v) is 5.04. The number of benzene rings is 1. The zero-order chi connectivity index (χ0) is 13.9. The summed E-state index contributed by atoms with van der Waals surface area (Å²) in [5.41, 5.74) is -0.0518. The molecule has 0 radical (unpaired) electrons. The molecule has 1 saturated carbocycles. The van der Waals surface area contributed by atoms with Crippen LogP contribution in [0.5, 0.6) is 5.75 Å². The molecule has 0 bridgehead atoms. The van der Waals surface area contributed by atoms with Gasteiger partial charge in [-0.3, -0.25) is 0 Å². The third kappa shape index (κ3) is 3.26. The Kier molecular flexibility index (Phi) is 4.13. The van der Waals surface area contributed by atoms with Gasteiger partial charge in [0.1, 0.15) is 10.6 Å². The molecule has 0 saturated heterocycles. The minimum Gasteiger partial charge on any atom is -0.495 e.